The number of anilines is 1. The summed E-state index contributed by atoms with van der Waals surface area (Å²) in [6.07, 6.45) is -2.39. The van der Waals surface area contributed by atoms with E-state index in [1.807, 2.05) is 0 Å². The summed E-state index contributed by atoms with van der Waals surface area (Å²) in [5.41, 5.74) is 5.15. The van der Waals surface area contributed by atoms with Crippen LogP contribution < -0.4 is 5.73 Å². The molecular weight excluding hydrogens is 354 g/mol. The molecule has 0 saturated carbocycles. The van der Waals surface area contributed by atoms with Crippen LogP contribution in [0.3, 0.4) is 0 Å². The Kier molecular flexibility index (Phi) is 5.06. The van der Waals surface area contributed by atoms with Gasteiger partial charge < -0.3 is 30.9 Å². The first-order valence-corrected chi connectivity index (χ1v) is 8.41. The number of hydrogen-bond donors (Lipinski definition) is 5. The van der Waals surface area contributed by atoms with Crippen LogP contribution in [-0.2, 0) is 9.53 Å². The maximum Gasteiger partial charge on any atom is 0.304 e. The van der Waals surface area contributed by atoms with E-state index in [1.54, 1.807) is 0 Å². The number of fused-ring (bicyclic) bond motifs is 1. The average molecular weight is 371 g/mol. The minimum Gasteiger partial charge on any atom is -0.481 e. The molecule has 3 unspecified atom stereocenters. The maximum absolute atomic E-state index is 10.5. The molecule has 2 aromatic heterocycles. The third-order valence-corrected chi connectivity index (χ3v) is 4.87. The van der Waals surface area contributed by atoms with Crippen LogP contribution >= 0.6 is 11.8 Å². The number of ether oxygens (including phenoxy) is 1. The van der Waals surface area contributed by atoms with Crippen molar-refractivity contribution in [3.63, 3.8) is 0 Å². The molecule has 1 saturated heterocycles. The summed E-state index contributed by atoms with van der Waals surface area (Å²) in [5, 5.41) is 39.2. The third-order valence-electron chi connectivity index (χ3n) is 3.82. The van der Waals surface area contributed by atoms with Gasteiger partial charge in [0.2, 0.25) is 0 Å². The third kappa shape index (κ3) is 3.39. The topological polar surface area (TPSA) is 177 Å². The first-order valence-electron chi connectivity index (χ1n) is 7.36. The first kappa shape index (κ1) is 17.8. The van der Waals surface area contributed by atoms with Crippen LogP contribution in [0.25, 0.3) is 11.2 Å². The lowest BCUT2D eigenvalue weighted by molar-refractivity contribution is -0.136. The highest BCUT2D eigenvalue weighted by molar-refractivity contribution is 7.99. The first-order chi connectivity index (χ1) is 11.9. The fourth-order valence-corrected chi connectivity index (χ4v) is 3.52. The lowest BCUT2D eigenvalue weighted by Crippen LogP contribution is -2.37. The Morgan fingerprint density at radius 3 is 2.84 bits per heavy atom. The van der Waals surface area contributed by atoms with Gasteiger partial charge in [-0.05, 0) is 0 Å². The maximum atomic E-state index is 10.5. The molecule has 0 aromatic carbocycles. The van der Waals surface area contributed by atoms with Crippen LogP contribution in [0, 0.1) is 0 Å². The van der Waals surface area contributed by atoms with Gasteiger partial charge in [0.25, 0.3) is 0 Å². The summed E-state index contributed by atoms with van der Waals surface area (Å²) in [7, 11) is 0. The van der Waals surface area contributed by atoms with Crippen molar-refractivity contribution in [2.75, 3.05) is 11.5 Å². The van der Waals surface area contributed by atoms with Crippen molar-refractivity contribution in [2.24, 2.45) is 0 Å². The average Bonchev–Trinajstić information content (AvgIpc) is 3.10. The highest BCUT2D eigenvalue weighted by Gasteiger charge is 2.47. The van der Waals surface area contributed by atoms with Crippen molar-refractivity contribution in [3.8, 4) is 0 Å². The fraction of sp³-hybridized carbons (Fsp3) is 0.538. The number of hydrogen-bond acceptors (Lipinski definition) is 10. The predicted octanol–water partition coefficient (Wildman–Crippen LogP) is -1.45. The number of aliphatic carboxylic acids is 1. The smallest absolute Gasteiger partial charge is 0.304 e. The lowest BCUT2D eigenvalue weighted by Gasteiger charge is -2.20. The van der Waals surface area contributed by atoms with Gasteiger partial charge in [-0.2, -0.15) is 0 Å². The van der Waals surface area contributed by atoms with E-state index in [9.17, 15) is 20.1 Å². The standard InChI is InChI=1S/C13H17N5O6S/c14-10-6-11(16-3-15-10)18(4-17-6)12-8(22)7(21)9(24-12)13(23)25-2-1-5(19)20/h3-4,7-9,12-13,21-23H,1-2H2,(H,19,20)(H2,14,15,16)/t7?,8?,9-,12+,13?/m0/s1. The van der Waals surface area contributed by atoms with Crippen LogP contribution in [0.15, 0.2) is 12.7 Å². The second kappa shape index (κ2) is 7.09. The molecule has 25 heavy (non-hydrogen) atoms. The van der Waals surface area contributed by atoms with Crippen molar-refractivity contribution >= 4 is 34.7 Å². The van der Waals surface area contributed by atoms with Gasteiger partial charge in [-0.3, -0.25) is 9.36 Å². The summed E-state index contributed by atoms with van der Waals surface area (Å²) in [5.74, 6) is -0.688. The molecule has 0 bridgehead atoms. The van der Waals surface area contributed by atoms with E-state index < -0.39 is 35.9 Å². The zero-order valence-electron chi connectivity index (χ0n) is 12.8. The summed E-state index contributed by atoms with van der Waals surface area (Å²) in [4.78, 5) is 22.5. The molecule has 11 nitrogen and oxygen atoms in total. The number of rotatable bonds is 6. The Morgan fingerprint density at radius 2 is 2.12 bits per heavy atom. The lowest BCUT2D eigenvalue weighted by atomic mass is 10.1. The van der Waals surface area contributed by atoms with Gasteiger partial charge in [0.1, 0.15) is 35.6 Å². The molecule has 3 heterocycles. The number of nitrogens with zero attached hydrogens (tertiary/aromatic N) is 4. The number of carboxylic acids is 1. The summed E-state index contributed by atoms with van der Waals surface area (Å²) < 4.78 is 7.00. The van der Waals surface area contributed by atoms with Gasteiger partial charge in [-0.15, -0.1) is 11.8 Å². The van der Waals surface area contributed by atoms with Gasteiger partial charge in [-0.1, -0.05) is 0 Å². The molecule has 12 heteroatoms. The molecule has 5 atom stereocenters. The molecule has 0 radical (unpaired) electrons. The molecule has 0 spiro atoms. The minimum absolute atomic E-state index is 0.140. The van der Waals surface area contributed by atoms with Crippen molar-refractivity contribution in [1.82, 2.24) is 19.5 Å². The highest BCUT2D eigenvalue weighted by atomic mass is 32.2. The normalized spacial score (nSPS) is 27.6. The molecule has 1 fully saturated rings. The van der Waals surface area contributed by atoms with E-state index >= 15 is 0 Å². The number of nitrogen functional groups attached to an aromatic ring is 1. The van der Waals surface area contributed by atoms with Crippen molar-refractivity contribution in [3.05, 3.63) is 12.7 Å². The second-order valence-corrected chi connectivity index (χ2v) is 6.69. The Morgan fingerprint density at radius 1 is 1.36 bits per heavy atom. The Balaban J connectivity index is 1.77. The number of carboxylic acid groups (broad SMARTS) is 1. The second-order valence-electron chi connectivity index (χ2n) is 5.46. The molecule has 1 aliphatic rings. The van der Waals surface area contributed by atoms with E-state index in [4.69, 9.17) is 15.6 Å². The quantitative estimate of drug-likeness (QED) is 0.375. The van der Waals surface area contributed by atoms with E-state index in [2.05, 4.69) is 15.0 Å². The summed E-state index contributed by atoms with van der Waals surface area (Å²) in [6.45, 7) is 0. The van der Waals surface area contributed by atoms with Crippen molar-refractivity contribution in [1.29, 1.82) is 0 Å². The van der Waals surface area contributed by atoms with Crippen molar-refractivity contribution < 1.29 is 30.0 Å². The van der Waals surface area contributed by atoms with Crippen LogP contribution in [-0.4, -0.2) is 75.4 Å². The molecule has 3 rings (SSSR count). The Bertz CT molecular complexity index is 772. The van der Waals surface area contributed by atoms with Crippen LogP contribution in [0.1, 0.15) is 12.6 Å². The fourth-order valence-electron chi connectivity index (χ4n) is 2.57. The van der Waals surface area contributed by atoms with Crippen molar-refractivity contribution in [2.45, 2.75) is 36.4 Å². The summed E-state index contributed by atoms with van der Waals surface area (Å²) >= 11 is 0.921. The molecular formula is C13H17N5O6S. The Hall–Kier alpha value is -1.99. The van der Waals surface area contributed by atoms with Crippen LogP contribution in [0.4, 0.5) is 5.82 Å². The Labute approximate surface area is 145 Å². The zero-order valence-corrected chi connectivity index (χ0v) is 13.7. The number of imidazole rings is 1. The SMILES string of the molecule is Nc1ncnc2c1ncn2[C@@H]1O[C@H](C(O)SCCC(=O)O)C(O)C1O. The number of nitrogens with two attached hydrogens (primary N) is 1. The minimum atomic E-state index is -1.37. The van der Waals surface area contributed by atoms with Gasteiger partial charge in [0.15, 0.2) is 17.7 Å². The van der Waals surface area contributed by atoms with E-state index in [1.165, 1.54) is 17.2 Å². The zero-order chi connectivity index (χ0) is 18.1. The molecule has 136 valence electrons. The monoisotopic (exact) mass is 371 g/mol. The van der Waals surface area contributed by atoms with E-state index in [0.717, 1.165) is 11.8 Å². The van der Waals surface area contributed by atoms with Gasteiger partial charge >= 0.3 is 5.97 Å². The van der Waals surface area contributed by atoms with Crippen LogP contribution in [0.2, 0.25) is 0 Å². The number of aliphatic hydroxyl groups is 3. The molecule has 2 aromatic rings. The van der Waals surface area contributed by atoms with Gasteiger partial charge in [0.05, 0.1) is 12.7 Å². The number of aliphatic hydroxyl groups excluding tert-OH is 3. The van der Waals surface area contributed by atoms with Gasteiger partial charge in [-0.25, -0.2) is 15.0 Å². The number of carbonyl (C=O) groups is 1. The van der Waals surface area contributed by atoms with E-state index in [0.29, 0.717) is 11.2 Å². The number of aromatic nitrogens is 4. The molecule has 0 amide bonds. The van der Waals surface area contributed by atoms with Crippen LogP contribution in [0.5, 0.6) is 0 Å². The molecule has 6 N–H and O–H groups in total. The molecule has 0 aliphatic carbocycles. The van der Waals surface area contributed by atoms with Gasteiger partial charge in [0, 0.05) is 5.75 Å². The molecule has 1 aliphatic heterocycles. The predicted molar refractivity (Wildman–Crippen MR) is 86.4 cm³/mol. The highest BCUT2D eigenvalue weighted by Crippen LogP contribution is 2.35. The number of thioether (sulfide) groups is 1. The largest absolute Gasteiger partial charge is 0.481 e. The summed E-state index contributed by atoms with van der Waals surface area (Å²) in [6, 6.07) is 0. The van der Waals surface area contributed by atoms with E-state index in [-0.39, 0.29) is 18.0 Å².